The molecule has 0 amide bonds. The van der Waals surface area contributed by atoms with E-state index in [0.29, 0.717) is 6.42 Å². The number of benzene rings is 1. The highest BCUT2D eigenvalue weighted by Crippen LogP contribution is 2.29. The van der Waals surface area contributed by atoms with E-state index in [9.17, 15) is 13.0 Å². The average molecular weight is 291 g/mol. The Kier molecular flexibility index (Phi) is 5.43. The molecule has 0 aliphatic heterocycles. The third kappa shape index (κ3) is 4.87. The normalized spacial score (nSPS) is 15.3. The second-order valence-corrected chi connectivity index (χ2v) is 6.81. The number of ether oxygens (including phenoxy) is 1. The topological polar surface area (TPSA) is 52.3 Å². The van der Waals surface area contributed by atoms with Gasteiger partial charge in [0, 0.05) is 0 Å². The quantitative estimate of drug-likeness (QED) is 0.875. The SMILES string of the molecule is C[C@@H](CC(C)(C)S(N)=O)c1ccc(OC(F)F)cc1. The van der Waals surface area contributed by atoms with Gasteiger partial charge in [0.05, 0.1) is 15.7 Å². The molecule has 0 spiro atoms. The molecule has 6 heteroatoms. The highest BCUT2D eigenvalue weighted by molar-refractivity contribution is 7.84. The second kappa shape index (κ2) is 6.43. The lowest BCUT2D eigenvalue weighted by atomic mass is 9.91. The molecule has 19 heavy (non-hydrogen) atoms. The van der Waals surface area contributed by atoms with Gasteiger partial charge in [-0.3, -0.25) is 5.14 Å². The van der Waals surface area contributed by atoms with Crippen molar-refractivity contribution in [3.63, 3.8) is 0 Å². The number of hydrogen-bond donors (Lipinski definition) is 1. The Hall–Kier alpha value is -1.01. The van der Waals surface area contributed by atoms with Crippen LogP contribution in [0.1, 0.15) is 38.7 Å². The molecule has 3 nitrogen and oxygen atoms in total. The third-order valence-corrected chi connectivity index (χ3v) is 4.27. The summed E-state index contributed by atoms with van der Waals surface area (Å²) in [6.07, 6.45) is 0.644. The van der Waals surface area contributed by atoms with Gasteiger partial charge in [-0.1, -0.05) is 19.1 Å². The minimum absolute atomic E-state index is 0.128. The van der Waals surface area contributed by atoms with Gasteiger partial charge in [-0.25, -0.2) is 4.21 Å². The van der Waals surface area contributed by atoms with Gasteiger partial charge in [0.1, 0.15) is 5.75 Å². The highest BCUT2D eigenvalue weighted by atomic mass is 32.2. The van der Waals surface area contributed by atoms with Crippen LogP contribution in [0.2, 0.25) is 0 Å². The van der Waals surface area contributed by atoms with Gasteiger partial charge in [-0.2, -0.15) is 8.78 Å². The monoisotopic (exact) mass is 291 g/mol. The van der Waals surface area contributed by atoms with Crippen LogP contribution in [0.15, 0.2) is 24.3 Å². The zero-order chi connectivity index (χ0) is 14.6. The van der Waals surface area contributed by atoms with E-state index in [4.69, 9.17) is 5.14 Å². The van der Waals surface area contributed by atoms with Gasteiger partial charge >= 0.3 is 6.61 Å². The van der Waals surface area contributed by atoms with E-state index in [1.54, 1.807) is 12.1 Å². The first-order chi connectivity index (χ1) is 8.72. The third-order valence-electron chi connectivity index (χ3n) is 3.02. The summed E-state index contributed by atoms with van der Waals surface area (Å²) in [4.78, 5) is 0. The first-order valence-corrected chi connectivity index (χ1v) is 7.14. The predicted octanol–water partition coefficient (Wildman–Crippen LogP) is 3.18. The van der Waals surface area contributed by atoms with Crippen molar-refractivity contribution in [2.75, 3.05) is 0 Å². The molecule has 1 aromatic carbocycles. The van der Waals surface area contributed by atoms with Crippen molar-refractivity contribution in [1.29, 1.82) is 0 Å². The van der Waals surface area contributed by atoms with Crippen LogP contribution < -0.4 is 9.88 Å². The average Bonchev–Trinajstić information content (AvgIpc) is 2.28. The fourth-order valence-corrected chi connectivity index (χ4v) is 2.33. The summed E-state index contributed by atoms with van der Waals surface area (Å²) in [5.41, 5.74) is 0.972. The molecule has 0 aliphatic carbocycles. The van der Waals surface area contributed by atoms with Gasteiger partial charge < -0.3 is 4.74 Å². The molecule has 0 radical (unpaired) electrons. The Morgan fingerprint density at radius 3 is 2.26 bits per heavy atom. The van der Waals surface area contributed by atoms with Gasteiger partial charge in [0.2, 0.25) is 0 Å². The maximum absolute atomic E-state index is 12.0. The first-order valence-electron chi connectivity index (χ1n) is 5.93. The Morgan fingerprint density at radius 1 is 1.32 bits per heavy atom. The zero-order valence-electron chi connectivity index (χ0n) is 11.2. The van der Waals surface area contributed by atoms with Crippen LogP contribution in [-0.4, -0.2) is 15.6 Å². The minimum Gasteiger partial charge on any atom is -0.435 e. The molecule has 0 saturated carbocycles. The summed E-state index contributed by atoms with van der Waals surface area (Å²) in [6.45, 7) is 2.85. The molecule has 108 valence electrons. The molecule has 0 saturated heterocycles. The molecule has 0 aromatic heterocycles. The molecule has 2 N–H and O–H groups in total. The standard InChI is InChI=1S/C13H19F2NO2S/c1-9(8-13(2,3)19(16)17)10-4-6-11(7-5-10)18-12(14)15/h4-7,9,12H,8,16H2,1-3H3/t9-,19?/m0/s1. The van der Waals surface area contributed by atoms with E-state index < -0.39 is 22.3 Å². The molecular formula is C13H19F2NO2S. The van der Waals surface area contributed by atoms with Crippen molar-refractivity contribution in [3.8, 4) is 5.75 Å². The zero-order valence-corrected chi connectivity index (χ0v) is 12.0. The Bertz CT molecular complexity index is 435. The Balaban J connectivity index is 2.73. The number of alkyl halides is 2. The van der Waals surface area contributed by atoms with Crippen molar-refractivity contribution in [2.45, 2.75) is 44.5 Å². The first kappa shape index (κ1) is 16.0. The predicted molar refractivity (Wildman–Crippen MR) is 72.5 cm³/mol. The van der Waals surface area contributed by atoms with Crippen molar-refractivity contribution in [1.82, 2.24) is 0 Å². The molecule has 2 atom stereocenters. The molecule has 0 fully saturated rings. The number of halogens is 2. The maximum Gasteiger partial charge on any atom is 0.387 e. The van der Waals surface area contributed by atoms with Crippen LogP contribution in [0.25, 0.3) is 0 Å². The van der Waals surface area contributed by atoms with Gasteiger partial charge in [0.25, 0.3) is 0 Å². The van der Waals surface area contributed by atoms with Crippen LogP contribution in [-0.2, 0) is 11.0 Å². The Morgan fingerprint density at radius 2 is 1.84 bits per heavy atom. The van der Waals surface area contributed by atoms with Gasteiger partial charge in [-0.15, -0.1) is 0 Å². The summed E-state index contributed by atoms with van der Waals surface area (Å²) in [5, 5.41) is 5.44. The summed E-state index contributed by atoms with van der Waals surface area (Å²) >= 11 is 0. The van der Waals surface area contributed by atoms with E-state index in [-0.39, 0.29) is 11.7 Å². The smallest absolute Gasteiger partial charge is 0.387 e. The van der Waals surface area contributed by atoms with E-state index >= 15 is 0 Å². The Labute approximate surface area is 114 Å². The maximum atomic E-state index is 12.0. The van der Waals surface area contributed by atoms with Crippen molar-refractivity contribution in [2.24, 2.45) is 5.14 Å². The van der Waals surface area contributed by atoms with Crippen LogP contribution in [0.4, 0.5) is 8.78 Å². The van der Waals surface area contributed by atoms with Gasteiger partial charge in [-0.05, 0) is 43.9 Å². The minimum atomic E-state index is -2.82. The van der Waals surface area contributed by atoms with Crippen LogP contribution in [0, 0.1) is 0 Å². The van der Waals surface area contributed by atoms with E-state index in [2.05, 4.69) is 4.74 Å². The molecule has 1 unspecified atom stereocenters. The van der Waals surface area contributed by atoms with E-state index in [1.807, 2.05) is 20.8 Å². The molecule has 1 rings (SSSR count). The number of nitrogens with two attached hydrogens (primary N) is 1. The van der Waals surface area contributed by atoms with Crippen LogP contribution >= 0.6 is 0 Å². The van der Waals surface area contributed by atoms with E-state index in [1.165, 1.54) is 12.1 Å². The van der Waals surface area contributed by atoms with Crippen molar-refractivity contribution in [3.05, 3.63) is 29.8 Å². The summed E-state index contributed by atoms with van der Waals surface area (Å²) in [7, 11) is -1.41. The lowest BCUT2D eigenvalue weighted by Crippen LogP contribution is -2.33. The lowest BCUT2D eigenvalue weighted by Gasteiger charge is -2.25. The number of rotatable bonds is 6. The molecule has 0 bridgehead atoms. The summed E-state index contributed by atoms with van der Waals surface area (Å²) in [5.74, 6) is 0.260. The molecule has 1 aromatic rings. The van der Waals surface area contributed by atoms with E-state index in [0.717, 1.165) is 5.56 Å². The van der Waals surface area contributed by atoms with Crippen molar-refractivity contribution < 1.29 is 17.7 Å². The van der Waals surface area contributed by atoms with Crippen LogP contribution in [0.3, 0.4) is 0 Å². The second-order valence-electron chi connectivity index (χ2n) is 5.11. The summed E-state index contributed by atoms with van der Waals surface area (Å²) < 4.78 is 39.2. The van der Waals surface area contributed by atoms with Gasteiger partial charge in [0.15, 0.2) is 0 Å². The molecule has 0 heterocycles. The fraction of sp³-hybridized carbons (Fsp3) is 0.538. The largest absolute Gasteiger partial charge is 0.435 e. The number of hydrogen-bond acceptors (Lipinski definition) is 2. The van der Waals surface area contributed by atoms with Crippen molar-refractivity contribution >= 4 is 11.0 Å². The lowest BCUT2D eigenvalue weighted by molar-refractivity contribution is -0.0498. The fourth-order valence-electron chi connectivity index (χ4n) is 1.92. The highest BCUT2D eigenvalue weighted by Gasteiger charge is 2.26. The molecule has 0 aliphatic rings. The summed E-state index contributed by atoms with van der Waals surface area (Å²) in [6, 6.07) is 6.48. The molecular weight excluding hydrogens is 272 g/mol. The van der Waals surface area contributed by atoms with Crippen LogP contribution in [0.5, 0.6) is 5.75 Å².